The van der Waals surface area contributed by atoms with Crippen molar-refractivity contribution in [2.45, 2.75) is 47.1 Å². The molecule has 1 aromatic carbocycles. The maximum absolute atomic E-state index is 5.52. The van der Waals surface area contributed by atoms with E-state index in [1.54, 1.807) is 0 Å². The van der Waals surface area contributed by atoms with Gasteiger partial charge in [0.2, 0.25) is 0 Å². The van der Waals surface area contributed by atoms with Crippen molar-refractivity contribution in [3.05, 3.63) is 34.4 Å². The zero-order valence-corrected chi connectivity index (χ0v) is 12.3. The largest absolute Gasteiger partial charge is 0.380 e. The number of benzene rings is 1. The van der Waals surface area contributed by atoms with Crippen molar-refractivity contribution in [2.24, 2.45) is 0 Å². The molecule has 0 heterocycles. The lowest BCUT2D eigenvalue weighted by Gasteiger charge is -2.11. The number of rotatable bonds is 8. The Kier molecular flexibility index (Phi) is 6.99. The Morgan fingerprint density at radius 3 is 2.44 bits per heavy atom. The number of unbranched alkanes of at least 4 members (excludes halogenated alkanes) is 1. The first-order valence-corrected chi connectivity index (χ1v) is 7.00. The summed E-state index contributed by atoms with van der Waals surface area (Å²) in [6.07, 6.45) is 2.37. The van der Waals surface area contributed by atoms with E-state index in [0.29, 0.717) is 0 Å². The fourth-order valence-electron chi connectivity index (χ4n) is 1.93. The second-order valence-corrected chi connectivity index (χ2v) is 5.01. The Hall–Kier alpha value is -0.860. The third kappa shape index (κ3) is 5.19. The monoisotopic (exact) mass is 249 g/mol. The van der Waals surface area contributed by atoms with E-state index < -0.39 is 0 Å². The summed E-state index contributed by atoms with van der Waals surface area (Å²) in [5.74, 6) is 0. The molecule has 0 unspecified atom stereocenters. The van der Waals surface area contributed by atoms with Gasteiger partial charge in [0.1, 0.15) is 0 Å². The molecule has 0 aliphatic rings. The van der Waals surface area contributed by atoms with E-state index in [2.05, 4.69) is 45.1 Å². The summed E-state index contributed by atoms with van der Waals surface area (Å²) in [7, 11) is 0. The Morgan fingerprint density at radius 1 is 1.00 bits per heavy atom. The highest BCUT2D eigenvalue weighted by Gasteiger charge is 2.01. The molecule has 0 radical (unpaired) electrons. The average Bonchev–Trinajstić information content (AvgIpc) is 2.34. The highest BCUT2D eigenvalue weighted by Crippen LogP contribution is 2.14. The normalized spacial score (nSPS) is 10.9. The second kappa shape index (κ2) is 8.28. The van der Waals surface area contributed by atoms with E-state index in [1.807, 2.05) is 0 Å². The standard InChI is InChI=1S/C16H27NO/c1-5-6-8-18-9-7-17-12-16-11-14(3)13(2)10-15(16)4/h10-11,17H,5-9,12H2,1-4H3. The molecule has 0 aliphatic carbocycles. The van der Waals surface area contributed by atoms with E-state index in [0.717, 1.165) is 32.7 Å². The first-order chi connectivity index (χ1) is 8.65. The van der Waals surface area contributed by atoms with E-state index in [4.69, 9.17) is 4.74 Å². The number of hydrogen-bond donors (Lipinski definition) is 1. The molecule has 18 heavy (non-hydrogen) atoms. The highest BCUT2D eigenvalue weighted by molar-refractivity contribution is 5.36. The van der Waals surface area contributed by atoms with Crippen molar-refractivity contribution in [1.82, 2.24) is 5.32 Å². The van der Waals surface area contributed by atoms with Gasteiger partial charge in [-0.15, -0.1) is 0 Å². The van der Waals surface area contributed by atoms with Crippen LogP contribution in [0.25, 0.3) is 0 Å². The van der Waals surface area contributed by atoms with Crippen molar-refractivity contribution < 1.29 is 4.74 Å². The molecule has 0 aliphatic heterocycles. The Bertz CT molecular complexity index is 360. The van der Waals surface area contributed by atoms with Gasteiger partial charge in [-0.1, -0.05) is 25.5 Å². The van der Waals surface area contributed by atoms with Crippen LogP contribution < -0.4 is 5.32 Å². The summed E-state index contributed by atoms with van der Waals surface area (Å²) in [6, 6.07) is 4.56. The number of nitrogens with one attached hydrogen (secondary N) is 1. The fourth-order valence-corrected chi connectivity index (χ4v) is 1.93. The summed E-state index contributed by atoms with van der Waals surface area (Å²) < 4.78 is 5.52. The Balaban J connectivity index is 2.25. The molecule has 2 heteroatoms. The molecule has 0 saturated carbocycles. The first-order valence-electron chi connectivity index (χ1n) is 7.00. The quantitative estimate of drug-likeness (QED) is 0.712. The minimum atomic E-state index is 0.809. The van der Waals surface area contributed by atoms with Gasteiger partial charge < -0.3 is 10.1 Å². The summed E-state index contributed by atoms with van der Waals surface area (Å²) in [5.41, 5.74) is 5.51. The number of aryl methyl sites for hydroxylation is 3. The van der Waals surface area contributed by atoms with Gasteiger partial charge in [0.15, 0.2) is 0 Å². The van der Waals surface area contributed by atoms with Crippen LogP contribution in [-0.2, 0) is 11.3 Å². The van der Waals surface area contributed by atoms with Crippen molar-refractivity contribution >= 4 is 0 Å². The van der Waals surface area contributed by atoms with Gasteiger partial charge in [-0.05, 0) is 49.4 Å². The minimum Gasteiger partial charge on any atom is -0.380 e. The summed E-state index contributed by atoms with van der Waals surface area (Å²) in [6.45, 7) is 12.3. The van der Waals surface area contributed by atoms with Crippen LogP contribution in [-0.4, -0.2) is 19.8 Å². The van der Waals surface area contributed by atoms with Crippen LogP contribution in [0.5, 0.6) is 0 Å². The summed E-state index contributed by atoms with van der Waals surface area (Å²) >= 11 is 0. The zero-order valence-electron chi connectivity index (χ0n) is 12.3. The van der Waals surface area contributed by atoms with Gasteiger partial charge in [0, 0.05) is 19.7 Å². The molecule has 2 nitrogen and oxygen atoms in total. The molecule has 1 aromatic rings. The van der Waals surface area contributed by atoms with E-state index in [1.165, 1.54) is 28.7 Å². The number of ether oxygens (including phenoxy) is 1. The third-order valence-electron chi connectivity index (χ3n) is 3.33. The molecule has 0 atom stereocenters. The van der Waals surface area contributed by atoms with Crippen LogP contribution in [0.4, 0.5) is 0 Å². The third-order valence-corrected chi connectivity index (χ3v) is 3.33. The predicted octanol–water partition coefficient (Wildman–Crippen LogP) is 3.52. The topological polar surface area (TPSA) is 21.3 Å². The van der Waals surface area contributed by atoms with E-state index in [9.17, 15) is 0 Å². The Morgan fingerprint density at radius 2 is 1.72 bits per heavy atom. The van der Waals surface area contributed by atoms with Gasteiger partial charge in [0.25, 0.3) is 0 Å². The van der Waals surface area contributed by atoms with E-state index in [-0.39, 0.29) is 0 Å². The van der Waals surface area contributed by atoms with Crippen molar-refractivity contribution in [3.8, 4) is 0 Å². The molecule has 0 fully saturated rings. The highest BCUT2D eigenvalue weighted by atomic mass is 16.5. The number of hydrogen-bond acceptors (Lipinski definition) is 2. The molecule has 102 valence electrons. The second-order valence-electron chi connectivity index (χ2n) is 5.01. The van der Waals surface area contributed by atoms with Gasteiger partial charge in [-0.2, -0.15) is 0 Å². The molecule has 1 rings (SSSR count). The molecule has 0 amide bonds. The lowest BCUT2D eigenvalue weighted by atomic mass is 10.0. The smallest absolute Gasteiger partial charge is 0.0591 e. The van der Waals surface area contributed by atoms with Crippen LogP contribution in [0.3, 0.4) is 0 Å². The van der Waals surface area contributed by atoms with Gasteiger partial charge >= 0.3 is 0 Å². The first kappa shape index (κ1) is 15.2. The van der Waals surface area contributed by atoms with Crippen LogP contribution in [0, 0.1) is 20.8 Å². The molecular formula is C16H27NO. The summed E-state index contributed by atoms with van der Waals surface area (Å²) in [4.78, 5) is 0. The Labute approximate surface area is 112 Å². The van der Waals surface area contributed by atoms with Gasteiger partial charge in [0.05, 0.1) is 6.61 Å². The molecule has 0 aromatic heterocycles. The lowest BCUT2D eigenvalue weighted by molar-refractivity contribution is 0.133. The molecule has 1 N–H and O–H groups in total. The van der Waals surface area contributed by atoms with Crippen LogP contribution in [0.15, 0.2) is 12.1 Å². The van der Waals surface area contributed by atoms with Crippen LogP contribution >= 0.6 is 0 Å². The van der Waals surface area contributed by atoms with Gasteiger partial charge in [-0.3, -0.25) is 0 Å². The SMILES string of the molecule is CCCCOCCNCc1cc(C)c(C)cc1C. The average molecular weight is 249 g/mol. The molecule has 0 spiro atoms. The minimum absolute atomic E-state index is 0.809. The fraction of sp³-hybridized carbons (Fsp3) is 0.625. The van der Waals surface area contributed by atoms with Crippen LogP contribution in [0.1, 0.15) is 42.0 Å². The zero-order chi connectivity index (χ0) is 13.4. The maximum Gasteiger partial charge on any atom is 0.0591 e. The molecule has 0 bridgehead atoms. The molecular weight excluding hydrogens is 222 g/mol. The molecule has 0 saturated heterocycles. The predicted molar refractivity (Wildman–Crippen MR) is 78.1 cm³/mol. The van der Waals surface area contributed by atoms with Crippen molar-refractivity contribution in [3.63, 3.8) is 0 Å². The lowest BCUT2D eigenvalue weighted by Crippen LogP contribution is -2.20. The maximum atomic E-state index is 5.52. The van der Waals surface area contributed by atoms with Gasteiger partial charge in [-0.25, -0.2) is 0 Å². The van der Waals surface area contributed by atoms with Crippen molar-refractivity contribution in [1.29, 1.82) is 0 Å². The van der Waals surface area contributed by atoms with Crippen molar-refractivity contribution in [2.75, 3.05) is 19.8 Å². The van der Waals surface area contributed by atoms with E-state index >= 15 is 0 Å². The van der Waals surface area contributed by atoms with Crippen LogP contribution in [0.2, 0.25) is 0 Å². The summed E-state index contributed by atoms with van der Waals surface area (Å²) in [5, 5.41) is 3.44.